The van der Waals surface area contributed by atoms with Crippen LogP contribution in [0, 0.1) is 6.42 Å². The second-order valence-corrected chi connectivity index (χ2v) is 2.96. The highest BCUT2D eigenvalue weighted by Crippen LogP contribution is 2.00. The van der Waals surface area contributed by atoms with E-state index in [-0.39, 0.29) is 6.10 Å². The Balaban J connectivity index is 3.15. The summed E-state index contributed by atoms with van der Waals surface area (Å²) >= 11 is 0. The minimum Gasteiger partial charge on any atom is -0.393 e. The summed E-state index contributed by atoms with van der Waals surface area (Å²) in [5.74, 6) is 0. The second-order valence-electron chi connectivity index (χ2n) is 2.96. The maximum absolute atomic E-state index is 9.23. The first-order valence-corrected chi connectivity index (χ1v) is 4.44. The molecule has 2 atom stereocenters. The van der Waals surface area contributed by atoms with Gasteiger partial charge in [0.25, 0.3) is 0 Å². The number of ether oxygens (including phenoxy) is 1. The third-order valence-corrected chi connectivity index (χ3v) is 1.39. The van der Waals surface area contributed by atoms with Gasteiger partial charge in [-0.05, 0) is 26.2 Å². The Kier molecular flexibility index (Phi) is 7.45. The van der Waals surface area contributed by atoms with Crippen molar-refractivity contribution in [3.05, 3.63) is 6.42 Å². The average Bonchev–Trinajstić information content (AvgIpc) is 2.01. The number of hydrogen-bond acceptors (Lipinski definition) is 3. The molecule has 0 amide bonds. The van der Waals surface area contributed by atoms with E-state index in [1.165, 1.54) is 0 Å². The predicted molar refractivity (Wildman–Crippen MR) is 47.7 cm³/mol. The van der Waals surface area contributed by atoms with E-state index in [2.05, 4.69) is 0 Å². The van der Waals surface area contributed by atoms with Gasteiger partial charge in [-0.1, -0.05) is 6.92 Å². The Morgan fingerprint density at radius 3 is 2.58 bits per heavy atom. The van der Waals surface area contributed by atoms with Crippen molar-refractivity contribution >= 4 is 0 Å². The number of hydrogen-bond donors (Lipinski definition) is 2. The van der Waals surface area contributed by atoms with Crippen LogP contribution in [0.15, 0.2) is 0 Å². The molecule has 0 fully saturated rings. The Morgan fingerprint density at radius 1 is 1.42 bits per heavy atom. The summed E-state index contributed by atoms with van der Waals surface area (Å²) in [7, 11) is 0. The lowest BCUT2D eigenvalue weighted by Gasteiger charge is -2.11. The third kappa shape index (κ3) is 7.98. The minimum atomic E-state index is -0.550. The molecule has 0 aromatic heterocycles. The molecule has 3 heteroatoms. The number of aliphatic hydroxyl groups is 2. The van der Waals surface area contributed by atoms with E-state index in [0.717, 1.165) is 6.42 Å². The van der Waals surface area contributed by atoms with Crippen molar-refractivity contribution in [2.24, 2.45) is 0 Å². The highest BCUT2D eigenvalue weighted by Gasteiger charge is 2.05. The van der Waals surface area contributed by atoms with Crippen LogP contribution in [-0.4, -0.2) is 35.6 Å². The van der Waals surface area contributed by atoms with E-state index < -0.39 is 6.10 Å². The molecule has 2 N–H and O–H groups in total. The molecule has 0 saturated heterocycles. The van der Waals surface area contributed by atoms with Crippen LogP contribution in [0.2, 0.25) is 0 Å². The van der Waals surface area contributed by atoms with E-state index in [0.29, 0.717) is 19.6 Å². The van der Waals surface area contributed by atoms with Gasteiger partial charge in [0.2, 0.25) is 0 Å². The average molecular weight is 175 g/mol. The smallest absolute Gasteiger partial charge is 0.0806 e. The van der Waals surface area contributed by atoms with E-state index in [1.807, 2.05) is 6.92 Å². The standard InChI is InChI=1S/C9H19O3/c1-3-6-12-7-9(11)5-4-8(2)10/h5,8-11H,3-4,6-7H2,1-2H3. The lowest BCUT2D eigenvalue weighted by molar-refractivity contribution is 0.0477. The largest absolute Gasteiger partial charge is 0.393 e. The van der Waals surface area contributed by atoms with Crippen LogP contribution in [0.5, 0.6) is 0 Å². The van der Waals surface area contributed by atoms with Gasteiger partial charge in [0.05, 0.1) is 18.8 Å². The number of rotatable bonds is 7. The first kappa shape index (κ1) is 11.9. The summed E-state index contributed by atoms with van der Waals surface area (Å²) in [5, 5.41) is 18.1. The Bertz CT molecular complexity index is 93.8. The van der Waals surface area contributed by atoms with Gasteiger partial charge in [-0.2, -0.15) is 0 Å². The topological polar surface area (TPSA) is 49.7 Å². The molecule has 1 radical (unpaired) electrons. The van der Waals surface area contributed by atoms with Crippen molar-refractivity contribution in [3.8, 4) is 0 Å². The fraction of sp³-hybridized carbons (Fsp3) is 0.889. The molecule has 0 rings (SSSR count). The van der Waals surface area contributed by atoms with Crippen LogP contribution < -0.4 is 0 Å². The van der Waals surface area contributed by atoms with Crippen molar-refractivity contribution < 1.29 is 14.9 Å². The molecule has 2 unspecified atom stereocenters. The van der Waals surface area contributed by atoms with Crippen molar-refractivity contribution in [2.45, 2.75) is 38.9 Å². The molecular formula is C9H19O3. The van der Waals surface area contributed by atoms with Gasteiger partial charge in [-0.3, -0.25) is 0 Å². The molecule has 0 aromatic rings. The van der Waals surface area contributed by atoms with Gasteiger partial charge < -0.3 is 14.9 Å². The minimum absolute atomic E-state index is 0.334. The molecule has 0 aromatic carbocycles. The Morgan fingerprint density at radius 2 is 2.08 bits per heavy atom. The molecule has 73 valence electrons. The molecule has 0 spiro atoms. The van der Waals surface area contributed by atoms with Crippen molar-refractivity contribution in [3.63, 3.8) is 0 Å². The summed E-state index contributed by atoms with van der Waals surface area (Å²) in [6.07, 6.45) is 2.21. The van der Waals surface area contributed by atoms with Crippen LogP contribution in [0.3, 0.4) is 0 Å². The van der Waals surface area contributed by atoms with Gasteiger partial charge in [0.1, 0.15) is 0 Å². The zero-order valence-corrected chi connectivity index (χ0v) is 7.86. The first-order chi connectivity index (χ1) is 5.66. The zero-order chi connectivity index (χ0) is 9.40. The van der Waals surface area contributed by atoms with Gasteiger partial charge in [0.15, 0.2) is 0 Å². The molecule has 12 heavy (non-hydrogen) atoms. The second kappa shape index (κ2) is 7.53. The van der Waals surface area contributed by atoms with Crippen molar-refractivity contribution in [1.82, 2.24) is 0 Å². The van der Waals surface area contributed by atoms with Crippen molar-refractivity contribution in [2.75, 3.05) is 13.2 Å². The molecule has 0 saturated carbocycles. The van der Waals surface area contributed by atoms with Crippen LogP contribution in [0.4, 0.5) is 0 Å². The Hall–Kier alpha value is -0.120. The van der Waals surface area contributed by atoms with Gasteiger partial charge >= 0.3 is 0 Å². The van der Waals surface area contributed by atoms with Gasteiger partial charge in [-0.15, -0.1) is 0 Å². The van der Waals surface area contributed by atoms with E-state index in [9.17, 15) is 5.11 Å². The SMILES string of the molecule is CCCOCC(O)[CH]CC(C)O. The maximum atomic E-state index is 9.23. The third-order valence-electron chi connectivity index (χ3n) is 1.39. The van der Waals surface area contributed by atoms with Crippen molar-refractivity contribution in [1.29, 1.82) is 0 Å². The highest BCUT2D eigenvalue weighted by molar-refractivity contribution is 4.76. The van der Waals surface area contributed by atoms with Gasteiger partial charge in [0, 0.05) is 6.61 Å². The molecule has 0 bridgehead atoms. The van der Waals surface area contributed by atoms with Gasteiger partial charge in [-0.25, -0.2) is 0 Å². The molecule has 3 nitrogen and oxygen atoms in total. The molecule has 0 aliphatic carbocycles. The summed E-state index contributed by atoms with van der Waals surface area (Å²) < 4.78 is 5.11. The lowest BCUT2D eigenvalue weighted by Crippen LogP contribution is -2.18. The summed E-state index contributed by atoms with van der Waals surface area (Å²) in [5.41, 5.74) is 0. The molecule has 0 heterocycles. The fourth-order valence-corrected chi connectivity index (χ4v) is 0.770. The normalized spacial score (nSPS) is 16.0. The summed E-state index contributed by atoms with van der Waals surface area (Å²) in [6.45, 7) is 4.72. The lowest BCUT2D eigenvalue weighted by atomic mass is 10.1. The van der Waals surface area contributed by atoms with E-state index in [4.69, 9.17) is 9.84 Å². The Labute approximate surface area is 74.4 Å². The highest BCUT2D eigenvalue weighted by atomic mass is 16.5. The number of aliphatic hydroxyl groups excluding tert-OH is 2. The molecular weight excluding hydrogens is 156 g/mol. The predicted octanol–water partition coefficient (Wildman–Crippen LogP) is 0.749. The van der Waals surface area contributed by atoms with Crippen LogP contribution >= 0.6 is 0 Å². The summed E-state index contributed by atoms with van der Waals surface area (Å²) in [6, 6.07) is 0. The zero-order valence-electron chi connectivity index (χ0n) is 7.86. The van der Waals surface area contributed by atoms with Crippen LogP contribution in [0.1, 0.15) is 26.7 Å². The van der Waals surface area contributed by atoms with Crippen LogP contribution in [-0.2, 0) is 4.74 Å². The molecule has 0 aliphatic heterocycles. The molecule has 0 aliphatic rings. The first-order valence-electron chi connectivity index (χ1n) is 4.44. The maximum Gasteiger partial charge on any atom is 0.0806 e. The van der Waals surface area contributed by atoms with E-state index in [1.54, 1.807) is 13.3 Å². The summed E-state index contributed by atoms with van der Waals surface area (Å²) in [4.78, 5) is 0. The van der Waals surface area contributed by atoms with Crippen LogP contribution in [0.25, 0.3) is 0 Å². The monoisotopic (exact) mass is 175 g/mol. The fourth-order valence-electron chi connectivity index (χ4n) is 0.770. The quantitative estimate of drug-likeness (QED) is 0.561. The van der Waals surface area contributed by atoms with E-state index >= 15 is 0 Å².